The summed E-state index contributed by atoms with van der Waals surface area (Å²) >= 11 is 0. The summed E-state index contributed by atoms with van der Waals surface area (Å²) < 4.78 is 0. The lowest BCUT2D eigenvalue weighted by Gasteiger charge is -2.12. The van der Waals surface area contributed by atoms with Gasteiger partial charge in [0.15, 0.2) is 5.78 Å². The summed E-state index contributed by atoms with van der Waals surface area (Å²) in [5, 5.41) is 2.06. The van der Waals surface area contributed by atoms with E-state index >= 15 is 0 Å². The molecule has 22 heavy (non-hydrogen) atoms. The third-order valence-electron chi connectivity index (χ3n) is 3.77. The average Bonchev–Trinajstić information content (AvgIpc) is 2.53. The molecule has 0 aliphatic heterocycles. The van der Waals surface area contributed by atoms with Gasteiger partial charge in [0.1, 0.15) is 0 Å². The van der Waals surface area contributed by atoms with Crippen molar-refractivity contribution in [1.29, 1.82) is 0 Å². The second-order valence-corrected chi connectivity index (χ2v) is 5.59. The molecule has 0 saturated carbocycles. The van der Waals surface area contributed by atoms with Crippen molar-refractivity contribution in [3.8, 4) is 0 Å². The van der Waals surface area contributed by atoms with Crippen molar-refractivity contribution < 1.29 is 4.79 Å². The number of anilines is 2. The van der Waals surface area contributed by atoms with Crippen molar-refractivity contribution in [2.75, 3.05) is 24.7 Å². The highest BCUT2D eigenvalue weighted by Crippen LogP contribution is 2.21. The molecular formula is C19H18N2O. The fraction of sp³-hybridized carbons (Fsp3) is 0.105. The van der Waals surface area contributed by atoms with Crippen LogP contribution >= 0.6 is 0 Å². The maximum Gasteiger partial charge on any atom is 0.193 e. The highest BCUT2D eigenvalue weighted by molar-refractivity contribution is 6.10. The van der Waals surface area contributed by atoms with Gasteiger partial charge in [0.2, 0.25) is 0 Å². The number of hydrogen-bond donors (Lipinski definition) is 1. The molecule has 3 heteroatoms. The fourth-order valence-electron chi connectivity index (χ4n) is 2.48. The topological polar surface area (TPSA) is 46.3 Å². The Morgan fingerprint density at radius 1 is 0.818 bits per heavy atom. The molecule has 3 aromatic carbocycles. The molecule has 0 radical (unpaired) electrons. The summed E-state index contributed by atoms with van der Waals surface area (Å²) in [6.07, 6.45) is 0. The molecule has 0 atom stereocenters. The molecule has 0 unspecified atom stereocenters. The van der Waals surface area contributed by atoms with Gasteiger partial charge in [-0.05, 0) is 53.2 Å². The molecular weight excluding hydrogens is 272 g/mol. The Morgan fingerprint density at radius 3 is 2.09 bits per heavy atom. The van der Waals surface area contributed by atoms with Gasteiger partial charge >= 0.3 is 0 Å². The Balaban J connectivity index is 1.96. The van der Waals surface area contributed by atoms with Gasteiger partial charge in [-0.1, -0.05) is 18.2 Å². The first kappa shape index (κ1) is 14.1. The molecule has 0 bridgehead atoms. The summed E-state index contributed by atoms with van der Waals surface area (Å²) in [6, 6.07) is 19.0. The first-order valence-electron chi connectivity index (χ1n) is 7.16. The molecule has 0 spiro atoms. The number of ketones is 1. The first-order chi connectivity index (χ1) is 10.5. The van der Waals surface area contributed by atoms with Crippen LogP contribution in [0, 0.1) is 0 Å². The van der Waals surface area contributed by atoms with Crippen LogP contribution in [0.15, 0.2) is 60.7 Å². The van der Waals surface area contributed by atoms with Crippen LogP contribution in [-0.2, 0) is 0 Å². The fourth-order valence-corrected chi connectivity index (χ4v) is 2.48. The maximum absolute atomic E-state index is 12.6. The van der Waals surface area contributed by atoms with Gasteiger partial charge in [0.25, 0.3) is 0 Å². The molecule has 0 heterocycles. The lowest BCUT2D eigenvalue weighted by atomic mass is 9.99. The van der Waals surface area contributed by atoms with Gasteiger partial charge < -0.3 is 10.6 Å². The molecule has 0 aliphatic rings. The van der Waals surface area contributed by atoms with E-state index in [-0.39, 0.29) is 5.78 Å². The molecule has 0 saturated heterocycles. The predicted octanol–water partition coefficient (Wildman–Crippen LogP) is 3.72. The molecule has 2 N–H and O–H groups in total. The van der Waals surface area contributed by atoms with Crippen molar-refractivity contribution >= 4 is 27.9 Å². The second kappa shape index (κ2) is 5.53. The van der Waals surface area contributed by atoms with Crippen molar-refractivity contribution in [3.63, 3.8) is 0 Å². The van der Waals surface area contributed by atoms with E-state index in [1.54, 1.807) is 0 Å². The minimum Gasteiger partial charge on any atom is -0.399 e. The molecule has 110 valence electrons. The number of fused-ring (bicyclic) bond motifs is 1. The Kier molecular flexibility index (Phi) is 3.55. The number of nitrogens with zero attached hydrogens (tertiary/aromatic N) is 1. The first-order valence-corrected chi connectivity index (χ1v) is 7.16. The summed E-state index contributed by atoms with van der Waals surface area (Å²) in [5.41, 5.74) is 8.97. The number of benzene rings is 3. The van der Waals surface area contributed by atoms with Crippen molar-refractivity contribution in [3.05, 3.63) is 71.8 Å². The Morgan fingerprint density at radius 2 is 1.41 bits per heavy atom. The van der Waals surface area contributed by atoms with Gasteiger partial charge in [-0.25, -0.2) is 0 Å². The van der Waals surface area contributed by atoms with Gasteiger partial charge in [0.05, 0.1) is 0 Å². The zero-order valence-corrected chi connectivity index (χ0v) is 12.7. The van der Waals surface area contributed by atoms with Crippen molar-refractivity contribution in [2.24, 2.45) is 0 Å². The number of carbonyl (C=O) groups excluding carboxylic acids is 1. The number of hydrogen-bond acceptors (Lipinski definition) is 3. The van der Waals surface area contributed by atoms with E-state index in [0.29, 0.717) is 11.1 Å². The monoisotopic (exact) mass is 290 g/mol. The maximum atomic E-state index is 12.6. The Hall–Kier alpha value is -2.81. The van der Waals surface area contributed by atoms with E-state index in [1.165, 1.54) is 0 Å². The number of nitrogen functional groups attached to an aromatic ring is 1. The van der Waals surface area contributed by atoms with E-state index in [1.807, 2.05) is 79.7 Å². The van der Waals surface area contributed by atoms with Crippen LogP contribution in [-0.4, -0.2) is 19.9 Å². The van der Waals surface area contributed by atoms with Crippen LogP contribution in [0.5, 0.6) is 0 Å². The minimum atomic E-state index is 0.0315. The zero-order chi connectivity index (χ0) is 15.7. The lowest BCUT2D eigenvalue weighted by Crippen LogP contribution is -2.09. The normalized spacial score (nSPS) is 10.6. The molecule has 0 amide bonds. The average molecular weight is 290 g/mol. The second-order valence-electron chi connectivity index (χ2n) is 5.59. The minimum absolute atomic E-state index is 0.0315. The summed E-state index contributed by atoms with van der Waals surface area (Å²) in [6.45, 7) is 0. The quantitative estimate of drug-likeness (QED) is 0.590. The third-order valence-corrected chi connectivity index (χ3v) is 3.77. The van der Waals surface area contributed by atoms with Crippen LogP contribution < -0.4 is 10.6 Å². The van der Waals surface area contributed by atoms with E-state index < -0.39 is 0 Å². The van der Waals surface area contributed by atoms with Crippen LogP contribution in [0.3, 0.4) is 0 Å². The van der Waals surface area contributed by atoms with Crippen LogP contribution in [0.2, 0.25) is 0 Å². The molecule has 0 aromatic heterocycles. The number of rotatable bonds is 3. The van der Waals surface area contributed by atoms with Crippen LogP contribution in [0.1, 0.15) is 15.9 Å². The van der Waals surface area contributed by atoms with E-state index in [4.69, 9.17) is 5.73 Å². The van der Waals surface area contributed by atoms with Gasteiger partial charge in [0, 0.05) is 36.6 Å². The van der Waals surface area contributed by atoms with Gasteiger partial charge in [-0.2, -0.15) is 0 Å². The van der Waals surface area contributed by atoms with E-state index in [9.17, 15) is 4.79 Å². The summed E-state index contributed by atoms with van der Waals surface area (Å²) in [4.78, 5) is 14.6. The Labute approximate surface area is 130 Å². The molecule has 3 rings (SSSR count). The molecule has 0 fully saturated rings. The van der Waals surface area contributed by atoms with Crippen LogP contribution in [0.25, 0.3) is 10.8 Å². The lowest BCUT2D eigenvalue weighted by molar-refractivity contribution is 0.103. The van der Waals surface area contributed by atoms with Gasteiger partial charge in [-0.15, -0.1) is 0 Å². The Bertz CT molecular complexity index is 836. The van der Waals surface area contributed by atoms with Gasteiger partial charge in [-0.3, -0.25) is 4.79 Å². The molecule has 3 aromatic rings. The van der Waals surface area contributed by atoms with Crippen LogP contribution in [0.4, 0.5) is 11.4 Å². The smallest absolute Gasteiger partial charge is 0.193 e. The summed E-state index contributed by atoms with van der Waals surface area (Å²) in [5.74, 6) is 0.0315. The highest BCUT2D eigenvalue weighted by atomic mass is 16.1. The molecule has 3 nitrogen and oxygen atoms in total. The molecule has 0 aliphatic carbocycles. The third kappa shape index (κ3) is 2.66. The predicted molar refractivity (Wildman–Crippen MR) is 92.6 cm³/mol. The van der Waals surface area contributed by atoms with E-state index in [2.05, 4.69) is 0 Å². The zero-order valence-electron chi connectivity index (χ0n) is 12.7. The van der Waals surface area contributed by atoms with E-state index in [0.717, 1.165) is 22.1 Å². The number of nitrogens with two attached hydrogens (primary N) is 1. The standard InChI is InChI=1S/C19H18N2O/c1-21(2)18-9-6-13(7-10-18)19(22)16-4-3-15-12-17(20)8-5-14(15)11-16/h3-12H,20H2,1-2H3. The largest absolute Gasteiger partial charge is 0.399 e. The van der Waals surface area contributed by atoms with Crippen molar-refractivity contribution in [2.45, 2.75) is 0 Å². The summed E-state index contributed by atoms with van der Waals surface area (Å²) in [7, 11) is 3.96. The SMILES string of the molecule is CN(C)c1ccc(C(=O)c2ccc3cc(N)ccc3c2)cc1. The van der Waals surface area contributed by atoms with Crippen molar-refractivity contribution in [1.82, 2.24) is 0 Å². The number of carbonyl (C=O) groups is 1. The highest BCUT2D eigenvalue weighted by Gasteiger charge is 2.10.